The van der Waals surface area contributed by atoms with Crippen LogP contribution in [0.15, 0.2) is 18.2 Å². The summed E-state index contributed by atoms with van der Waals surface area (Å²) in [7, 11) is 0. The van der Waals surface area contributed by atoms with Gasteiger partial charge in [0.15, 0.2) is 6.29 Å². The van der Waals surface area contributed by atoms with Crippen molar-refractivity contribution in [3.63, 3.8) is 0 Å². The topological polar surface area (TPSA) is 73.5 Å². The van der Waals surface area contributed by atoms with Crippen LogP contribution in [-0.4, -0.2) is 29.3 Å². The fourth-order valence-corrected chi connectivity index (χ4v) is 2.35. The number of carbonyl (C=O) groups excluding carboxylic acids is 2. The maximum atomic E-state index is 13.3. The molecule has 1 heterocycles. The number of rotatable bonds is 4. The number of imide groups is 1. The van der Waals surface area contributed by atoms with Gasteiger partial charge in [0.05, 0.1) is 0 Å². The average molecular weight is 308 g/mol. The first-order chi connectivity index (χ1) is 10.3. The third kappa shape index (κ3) is 3.36. The molecule has 3 N–H and O–H groups in total. The summed E-state index contributed by atoms with van der Waals surface area (Å²) < 4.78 is 13.3. The van der Waals surface area contributed by atoms with Crippen LogP contribution < -0.4 is 16.0 Å². The number of carbonyl (C=O) groups is 2. The van der Waals surface area contributed by atoms with Gasteiger partial charge in [0.2, 0.25) is 0 Å². The molecular weight excluding hydrogens is 287 g/mol. The number of benzene rings is 1. The zero-order chi connectivity index (χ0) is 16.4. The molecule has 1 aromatic rings. The highest BCUT2D eigenvalue weighted by Gasteiger charge is 2.33. The minimum absolute atomic E-state index is 0.171. The molecule has 0 aromatic heterocycles. The molecule has 1 aromatic carbocycles. The van der Waals surface area contributed by atoms with Gasteiger partial charge in [0.25, 0.3) is 0 Å². The van der Waals surface area contributed by atoms with Crippen molar-refractivity contribution < 1.29 is 14.0 Å². The summed E-state index contributed by atoms with van der Waals surface area (Å²) in [6.07, 6.45) is -0.671. The normalized spacial score (nSPS) is 17.5. The van der Waals surface area contributed by atoms with Crippen molar-refractivity contribution in [2.75, 3.05) is 0 Å². The number of nitrogens with zero attached hydrogens (tertiary/aromatic N) is 1. The summed E-state index contributed by atoms with van der Waals surface area (Å²) in [4.78, 5) is 25.0. The largest absolute Gasteiger partial charge is 0.328 e. The monoisotopic (exact) mass is 308 g/mol. The van der Waals surface area contributed by atoms with Crippen LogP contribution in [0.3, 0.4) is 0 Å². The highest BCUT2D eigenvalue weighted by Crippen LogP contribution is 2.17. The van der Waals surface area contributed by atoms with Crippen LogP contribution >= 0.6 is 0 Å². The van der Waals surface area contributed by atoms with Crippen molar-refractivity contribution in [1.29, 1.82) is 0 Å². The lowest BCUT2D eigenvalue weighted by atomic mass is 10.1. The van der Waals surface area contributed by atoms with Gasteiger partial charge in [-0.2, -0.15) is 0 Å². The van der Waals surface area contributed by atoms with Gasteiger partial charge in [-0.1, -0.05) is 12.1 Å². The predicted molar refractivity (Wildman–Crippen MR) is 80.5 cm³/mol. The van der Waals surface area contributed by atoms with E-state index in [1.807, 2.05) is 6.92 Å². The molecule has 1 saturated heterocycles. The van der Waals surface area contributed by atoms with E-state index in [4.69, 9.17) is 0 Å². The number of amides is 4. The van der Waals surface area contributed by atoms with Gasteiger partial charge >= 0.3 is 12.1 Å². The molecule has 2 rings (SSSR count). The standard InChI is InChI=1S/C15H21FN4O2/c1-8(2)20-14(21)18-13(19-15(20)22)17-10(4)11-5-6-12(16)9(3)7-11/h5-8,10,13,17H,1-4H3,(H,18,21)(H,19,22)/t10-/m0/s1. The van der Waals surface area contributed by atoms with E-state index in [0.29, 0.717) is 5.56 Å². The zero-order valence-corrected chi connectivity index (χ0v) is 13.1. The van der Waals surface area contributed by atoms with Crippen LogP contribution in [0.2, 0.25) is 0 Å². The molecule has 0 unspecified atom stereocenters. The zero-order valence-electron chi connectivity index (χ0n) is 13.1. The molecule has 0 spiro atoms. The maximum absolute atomic E-state index is 13.3. The minimum Gasteiger partial charge on any atom is -0.304 e. The second-order valence-electron chi connectivity index (χ2n) is 5.69. The van der Waals surface area contributed by atoms with Gasteiger partial charge in [0, 0.05) is 12.1 Å². The van der Waals surface area contributed by atoms with Gasteiger partial charge in [-0.3, -0.25) is 5.32 Å². The number of nitrogens with one attached hydrogen (secondary N) is 3. The number of hydrogen-bond donors (Lipinski definition) is 3. The van der Waals surface area contributed by atoms with Gasteiger partial charge in [-0.25, -0.2) is 18.9 Å². The van der Waals surface area contributed by atoms with Crippen LogP contribution in [0.25, 0.3) is 0 Å². The molecule has 1 fully saturated rings. The average Bonchev–Trinajstić information content (AvgIpc) is 2.40. The van der Waals surface area contributed by atoms with Crippen molar-refractivity contribution in [2.45, 2.75) is 46.1 Å². The summed E-state index contributed by atoms with van der Waals surface area (Å²) in [5.41, 5.74) is 1.42. The van der Waals surface area contributed by atoms with Crippen molar-refractivity contribution in [3.05, 3.63) is 35.1 Å². The van der Waals surface area contributed by atoms with Crippen molar-refractivity contribution in [2.24, 2.45) is 0 Å². The lowest BCUT2D eigenvalue weighted by molar-refractivity contribution is 0.146. The summed E-state index contributed by atoms with van der Waals surface area (Å²) >= 11 is 0. The molecule has 0 bridgehead atoms. The third-order valence-electron chi connectivity index (χ3n) is 3.59. The molecule has 0 aliphatic carbocycles. The van der Waals surface area contributed by atoms with Crippen LogP contribution in [-0.2, 0) is 0 Å². The van der Waals surface area contributed by atoms with Crippen LogP contribution in [0.4, 0.5) is 14.0 Å². The van der Waals surface area contributed by atoms with E-state index in [1.165, 1.54) is 6.07 Å². The molecular formula is C15H21FN4O2. The van der Waals surface area contributed by atoms with Gasteiger partial charge in [0.1, 0.15) is 5.82 Å². The first-order valence-corrected chi connectivity index (χ1v) is 7.22. The number of aryl methyl sites for hydroxylation is 1. The van der Waals surface area contributed by atoms with Crippen LogP contribution in [0.5, 0.6) is 0 Å². The van der Waals surface area contributed by atoms with Gasteiger partial charge in [-0.15, -0.1) is 0 Å². The molecule has 1 aliphatic rings. The number of hydrogen-bond acceptors (Lipinski definition) is 3. The Hall–Kier alpha value is -2.15. The van der Waals surface area contributed by atoms with Crippen LogP contribution in [0.1, 0.15) is 37.9 Å². The van der Waals surface area contributed by atoms with Crippen molar-refractivity contribution in [3.8, 4) is 0 Å². The molecule has 4 amide bonds. The fourth-order valence-electron chi connectivity index (χ4n) is 2.35. The maximum Gasteiger partial charge on any atom is 0.328 e. The van der Waals surface area contributed by atoms with Gasteiger partial charge < -0.3 is 10.6 Å². The van der Waals surface area contributed by atoms with E-state index >= 15 is 0 Å². The van der Waals surface area contributed by atoms with Gasteiger partial charge in [-0.05, 0) is 44.9 Å². The lowest BCUT2D eigenvalue weighted by Gasteiger charge is -2.36. The Balaban J connectivity index is 2.03. The first-order valence-electron chi connectivity index (χ1n) is 7.22. The molecule has 0 radical (unpaired) electrons. The van der Waals surface area contributed by atoms with Crippen molar-refractivity contribution >= 4 is 12.1 Å². The Kier molecular flexibility index (Phi) is 4.65. The van der Waals surface area contributed by atoms with E-state index in [9.17, 15) is 14.0 Å². The second kappa shape index (κ2) is 6.31. The molecule has 1 atom stereocenters. The Labute approximate surface area is 129 Å². The Morgan fingerprint density at radius 1 is 1.18 bits per heavy atom. The second-order valence-corrected chi connectivity index (χ2v) is 5.69. The molecule has 6 nitrogen and oxygen atoms in total. The third-order valence-corrected chi connectivity index (χ3v) is 3.59. The number of halogens is 1. The Bertz CT molecular complexity index is 573. The summed E-state index contributed by atoms with van der Waals surface area (Å²) in [6, 6.07) is 3.53. The van der Waals surface area contributed by atoms with Crippen molar-refractivity contribution in [1.82, 2.24) is 20.9 Å². The highest BCUT2D eigenvalue weighted by molar-refractivity contribution is 5.96. The van der Waals surface area contributed by atoms with E-state index in [-0.39, 0.29) is 17.9 Å². The Morgan fingerprint density at radius 3 is 2.27 bits per heavy atom. The van der Waals surface area contributed by atoms with E-state index in [0.717, 1.165) is 10.5 Å². The summed E-state index contributed by atoms with van der Waals surface area (Å²) in [5.74, 6) is -0.261. The Morgan fingerprint density at radius 2 is 1.77 bits per heavy atom. The van der Waals surface area contributed by atoms with E-state index < -0.39 is 18.4 Å². The molecule has 22 heavy (non-hydrogen) atoms. The quantitative estimate of drug-likeness (QED) is 0.798. The fraction of sp³-hybridized carbons (Fsp3) is 0.467. The number of urea groups is 2. The minimum atomic E-state index is -0.671. The lowest BCUT2D eigenvalue weighted by Crippen LogP contribution is -2.69. The SMILES string of the molecule is Cc1cc([C@H](C)NC2NC(=O)N(C(C)C)C(=O)N2)ccc1F. The van der Waals surface area contributed by atoms with E-state index in [2.05, 4.69) is 16.0 Å². The van der Waals surface area contributed by atoms with Crippen LogP contribution in [0, 0.1) is 12.7 Å². The highest BCUT2D eigenvalue weighted by atomic mass is 19.1. The smallest absolute Gasteiger partial charge is 0.304 e. The summed E-state index contributed by atoms with van der Waals surface area (Å²) in [6.45, 7) is 7.09. The molecule has 1 aliphatic heterocycles. The molecule has 120 valence electrons. The summed E-state index contributed by atoms with van der Waals surface area (Å²) in [5, 5.41) is 8.44. The molecule has 0 saturated carbocycles. The first kappa shape index (κ1) is 16.2. The predicted octanol–water partition coefficient (Wildman–Crippen LogP) is 2.21. The molecule has 7 heteroatoms. The van der Waals surface area contributed by atoms with E-state index in [1.54, 1.807) is 32.9 Å².